The van der Waals surface area contributed by atoms with Crippen molar-refractivity contribution >= 4 is 55.7 Å². The second-order valence-electron chi connectivity index (χ2n) is 5.21. The Kier molecular flexibility index (Phi) is 5.16. The van der Waals surface area contributed by atoms with Crippen LogP contribution in [0.15, 0.2) is 15.9 Å². The van der Waals surface area contributed by atoms with Crippen LogP contribution in [0.3, 0.4) is 0 Å². The van der Waals surface area contributed by atoms with Gasteiger partial charge in [0, 0.05) is 12.5 Å². The maximum absolute atomic E-state index is 4.91. The van der Waals surface area contributed by atoms with Gasteiger partial charge in [0.15, 0.2) is 5.82 Å². The summed E-state index contributed by atoms with van der Waals surface area (Å²) in [6, 6.07) is 4.15. The fourth-order valence-corrected chi connectivity index (χ4v) is 4.96. The number of hydrogen-bond donors (Lipinski definition) is 1. The van der Waals surface area contributed by atoms with Gasteiger partial charge in [-0.2, -0.15) is 0 Å². The summed E-state index contributed by atoms with van der Waals surface area (Å²) in [6.45, 7) is 2.99. The van der Waals surface area contributed by atoms with Gasteiger partial charge in [-0.25, -0.2) is 9.97 Å². The summed E-state index contributed by atoms with van der Waals surface area (Å²) in [5.74, 6) is 2.43. The van der Waals surface area contributed by atoms with Crippen molar-refractivity contribution in [1.82, 2.24) is 9.97 Å². The van der Waals surface area contributed by atoms with Gasteiger partial charge in [-0.15, -0.1) is 11.3 Å². The van der Waals surface area contributed by atoms with Gasteiger partial charge in [-0.1, -0.05) is 12.8 Å². The predicted octanol–water partition coefficient (Wildman–Crippen LogP) is 5.66. The van der Waals surface area contributed by atoms with Crippen molar-refractivity contribution in [2.24, 2.45) is 0 Å². The molecule has 1 aliphatic carbocycles. The van der Waals surface area contributed by atoms with Gasteiger partial charge in [0.2, 0.25) is 0 Å². The Balaban J connectivity index is 2.07. The van der Waals surface area contributed by atoms with Crippen LogP contribution in [0, 0.1) is 3.57 Å². The zero-order valence-electron chi connectivity index (χ0n) is 11.8. The predicted molar refractivity (Wildman–Crippen MR) is 101 cm³/mol. The van der Waals surface area contributed by atoms with Crippen LogP contribution in [-0.2, 0) is 0 Å². The van der Waals surface area contributed by atoms with Crippen molar-refractivity contribution in [1.29, 1.82) is 0 Å². The van der Waals surface area contributed by atoms with Gasteiger partial charge in [0.05, 0.1) is 17.9 Å². The van der Waals surface area contributed by atoms with Crippen LogP contribution in [0.1, 0.15) is 44.2 Å². The van der Waals surface area contributed by atoms with Crippen molar-refractivity contribution in [3.8, 4) is 10.7 Å². The van der Waals surface area contributed by atoms with Crippen LogP contribution >= 0.6 is 49.9 Å². The van der Waals surface area contributed by atoms with Crippen LogP contribution in [0.4, 0.5) is 5.82 Å². The van der Waals surface area contributed by atoms with Crippen LogP contribution in [0.5, 0.6) is 0 Å². The van der Waals surface area contributed by atoms with E-state index in [1.807, 2.05) is 0 Å². The van der Waals surface area contributed by atoms with Gasteiger partial charge in [-0.3, -0.25) is 0 Å². The summed E-state index contributed by atoms with van der Waals surface area (Å²) in [6.07, 6.45) is 5.15. The van der Waals surface area contributed by atoms with Gasteiger partial charge < -0.3 is 5.32 Å². The lowest BCUT2D eigenvalue weighted by Gasteiger charge is -2.15. The number of thiophene rings is 1. The van der Waals surface area contributed by atoms with Crippen molar-refractivity contribution in [3.05, 3.63) is 25.2 Å². The Labute approximate surface area is 151 Å². The number of halogens is 2. The average Bonchev–Trinajstić information content (AvgIpc) is 3.12. The number of aromatic nitrogens is 2. The molecule has 2 aromatic rings. The summed E-state index contributed by atoms with van der Waals surface area (Å²) >= 11 is 7.61. The molecule has 21 heavy (non-hydrogen) atoms. The van der Waals surface area contributed by atoms with E-state index >= 15 is 0 Å². The second kappa shape index (κ2) is 6.91. The van der Waals surface area contributed by atoms with Crippen LogP contribution < -0.4 is 5.32 Å². The van der Waals surface area contributed by atoms with E-state index in [-0.39, 0.29) is 0 Å². The summed E-state index contributed by atoms with van der Waals surface area (Å²) in [5, 5.41) is 3.39. The minimum atomic E-state index is 0.597. The lowest BCUT2D eigenvalue weighted by atomic mass is 10.0. The summed E-state index contributed by atoms with van der Waals surface area (Å²) < 4.78 is 2.31. The molecule has 1 aliphatic rings. The highest BCUT2D eigenvalue weighted by Crippen LogP contribution is 2.39. The molecule has 0 radical (unpaired) electrons. The third kappa shape index (κ3) is 3.42. The maximum Gasteiger partial charge on any atom is 0.171 e. The van der Waals surface area contributed by atoms with E-state index in [9.17, 15) is 0 Å². The minimum absolute atomic E-state index is 0.597. The average molecular weight is 478 g/mol. The van der Waals surface area contributed by atoms with Crippen LogP contribution in [-0.4, -0.2) is 16.5 Å². The Morgan fingerprint density at radius 3 is 2.71 bits per heavy atom. The molecule has 0 amide bonds. The standard InChI is InChI=1S/C15H17BrIN3S/c1-2-18-15-12(17)13(9-5-3-4-6-9)19-14(20-15)10-7-8-11(16)21-10/h7-9H,2-6H2,1H3,(H,18,19,20). The highest BCUT2D eigenvalue weighted by Gasteiger charge is 2.24. The first-order chi connectivity index (χ1) is 10.2. The quantitative estimate of drug-likeness (QED) is 0.577. The molecule has 6 heteroatoms. The smallest absolute Gasteiger partial charge is 0.171 e. The summed E-state index contributed by atoms with van der Waals surface area (Å²) in [5.41, 5.74) is 1.23. The SMILES string of the molecule is CCNc1nc(-c2ccc(Br)s2)nc(C2CCCC2)c1I. The van der Waals surface area contributed by atoms with Gasteiger partial charge >= 0.3 is 0 Å². The molecule has 0 aromatic carbocycles. The van der Waals surface area contributed by atoms with Crippen molar-refractivity contribution in [2.45, 2.75) is 38.5 Å². The van der Waals surface area contributed by atoms with Gasteiger partial charge in [0.1, 0.15) is 5.82 Å². The molecule has 0 saturated heterocycles. The Hall–Kier alpha value is -0.210. The molecule has 0 aliphatic heterocycles. The molecule has 2 heterocycles. The highest BCUT2D eigenvalue weighted by atomic mass is 127. The van der Waals surface area contributed by atoms with E-state index in [1.54, 1.807) is 11.3 Å². The van der Waals surface area contributed by atoms with Crippen LogP contribution in [0.25, 0.3) is 10.7 Å². The number of hydrogen-bond acceptors (Lipinski definition) is 4. The molecule has 0 atom stereocenters. The first kappa shape index (κ1) is 15.7. The van der Waals surface area contributed by atoms with E-state index in [4.69, 9.17) is 9.97 Å². The molecule has 1 N–H and O–H groups in total. The van der Waals surface area contributed by atoms with Crippen LogP contribution in [0.2, 0.25) is 0 Å². The van der Waals surface area contributed by atoms with Crippen molar-refractivity contribution < 1.29 is 0 Å². The number of anilines is 1. The highest BCUT2D eigenvalue weighted by molar-refractivity contribution is 14.1. The lowest BCUT2D eigenvalue weighted by Crippen LogP contribution is -2.09. The molecule has 2 aromatic heterocycles. The summed E-state index contributed by atoms with van der Waals surface area (Å²) in [4.78, 5) is 10.8. The molecule has 0 unspecified atom stereocenters. The van der Waals surface area contributed by atoms with Gasteiger partial charge in [0.25, 0.3) is 0 Å². The van der Waals surface area contributed by atoms with Gasteiger partial charge in [-0.05, 0) is 70.4 Å². The molecular weight excluding hydrogens is 461 g/mol. The van der Waals surface area contributed by atoms with E-state index in [0.29, 0.717) is 5.92 Å². The maximum atomic E-state index is 4.91. The first-order valence-electron chi connectivity index (χ1n) is 7.26. The number of nitrogens with one attached hydrogen (secondary N) is 1. The first-order valence-corrected chi connectivity index (χ1v) is 9.95. The fraction of sp³-hybridized carbons (Fsp3) is 0.467. The normalized spacial score (nSPS) is 15.6. The fourth-order valence-electron chi connectivity index (χ4n) is 2.76. The minimum Gasteiger partial charge on any atom is -0.369 e. The molecule has 3 nitrogen and oxygen atoms in total. The molecular formula is C15H17BrIN3S. The molecule has 1 saturated carbocycles. The third-order valence-corrected chi connectivity index (χ3v) is 6.44. The summed E-state index contributed by atoms with van der Waals surface area (Å²) in [7, 11) is 0. The van der Waals surface area contributed by atoms with E-state index < -0.39 is 0 Å². The zero-order chi connectivity index (χ0) is 14.8. The molecule has 3 rings (SSSR count). The lowest BCUT2D eigenvalue weighted by molar-refractivity contribution is 0.691. The monoisotopic (exact) mass is 477 g/mol. The van der Waals surface area contributed by atoms with E-state index in [2.05, 4.69) is 62.9 Å². The Bertz CT molecular complexity index is 638. The van der Waals surface area contributed by atoms with Crippen molar-refractivity contribution in [2.75, 3.05) is 11.9 Å². The largest absolute Gasteiger partial charge is 0.369 e. The molecule has 0 bridgehead atoms. The molecule has 112 valence electrons. The molecule has 1 fully saturated rings. The van der Waals surface area contributed by atoms with E-state index in [0.717, 1.165) is 26.9 Å². The molecule has 0 spiro atoms. The van der Waals surface area contributed by atoms with Crippen molar-refractivity contribution in [3.63, 3.8) is 0 Å². The number of rotatable bonds is 4. The Morgan fingerprint density at radius 1 is 1.33 bits per heavy atom. The van der Waals surface area contributed by atoms with E-state index in [1.165, 1.54) is 34.9 Å². The topological polar surface area (TPSA) is 37.8 Å². The zero-order valence-corrected chi connectivity index (χ0v) is 16.4. The number of nitrogens with zero attached hydrogens (tertiary/aromatic N) is 2. The Morgan fingerprint density at radius 2 is 2.10 bits per heavy atom. The second-order valence-corrected chi connectivity index (χ2v) is 8.75. The third-order valence-electron chi connectivity index (χ3n) is 3.76.